The van der Waals surface area contributed by atoms with Crippen LogP contribution in [0.1, 0.15) is 17.6 Å². The predicted molar refractivity (Wildman–Crippen MR) is 54.4 cm³/mol. The highest BCUT2D eigenvalue weighted by Gasteiger charge is 2.05. The molecule has 14 heavy (non-hydrogen) atoms. The van der Waals surface area contributed by atoms with E-state index in [2.05, 4.69) is 5.32 Å². The molecule has 0 atom stereocenters. The van der Waals surface area contributed by atoms with E-state index in [9.17, 15) is 8.78 Å². The van der Waals surface area contributed by atoms with Crippen molar-refractivity contribution in [3.05, 3.63) is 41.5 Å². The number of alkyl halides is 2. The minimum Gasteiger partial charge on any atom is -0.316 e. The zero-order valence-corrected chi connectivity index (χ0v) is 8.00. The van der Waals surface area contributed by atoms with Gasteiger partial charge in [0.1, 0.15) is 0 Å². The van der Waals surface area contributed by atoms with Gasteiger partial charge in [-0.1, -0.05) is 30.4 Å². The van der Waals surface area contributed by atoms with Gasteiger partial charge in [0, 0.05) is 12.1 Å². The molecule has 0 spiro atoms. The van der Waals surface area contributed by atoms with Gasteiger partial charge in [0.25, 0.3) is 6.43 Å². The summed E-state index contributed by atoms with van der Waals surface area (Å²) in [6.07, 6.45) is 1.32. The highest BCUT2D eigenvalue weighted by atomic mass is 19.3. The summed E-state index contributed by atoms with van der Waals surface area (Å²) in [4.78, 5) is 0. The van der Waals surface area contributed by atoms with Crippen molar-refractivity contribution in [2.24, 2.45) is 0 Å². The van der Waals surface area contributed by atoms with E-state index in [1.54, 1.807) is 12.1 Å². The third kappa shape index (κ3) is 3.26. The molecule has 1 N–H and O–H groups in total. The second-order valence-electron chi connectivity index (χ2n) is 2.93. The average molecular weight is 197 g/mol. The molecular formula is C11H13F2N. The normalized spacial score (nSPS) is 11.4. The van der Waals surface area contributed by atoms with Crippen LogP contribution in [0.2, 0.25) is 0 Å². The van der Waals surface area contributed by atoms with Crippen LogP contribution in [-0.2, 0) is 0 Å². The van der Waals surface area contributed by atoms with Crippen LogP contribution in [0.3, 0.4) is 0 Å². The molecule has 0 amide bonds. The molecule has 0 aliphatic rings. The van der Waals surface area contributed by atoms with Crippen molar-refractivity contribution in [2.45, 2.75) is 6.43 Å². The van der Waals surface area contributed by atoms with Crippen molar-refractivity contribution in [3.63, 3.8) is 0 Å². The van der Waals surface area contributed by atoms with E-state index in [0.717, 1.165) is 12.1 Å². The maximum absolute atomic E-state index is 12.3. The van der Waals surface area contributed by atoms with Crippen LogP contribution in [0.15, 0.2) is 30.3 Å². The van der Waals surface area contributed by atoms with Gasteiger partial charge in [0.05, 0.1) is 0 Å². The van der Waals surface area contributed by atoms with Gasteiger partial charge in [0.2, 0.25) is 0 Å². The van der Waals surface area contributed by atoms with Crippen molar-refractivity contribution in [1.29, 1.82) is 0 Å². The number of hydrogen-bond acceptors (Lipinski definition) is 1. The minimum atomic E-state index is -2.40. The van der Waals surface area contributed by atoms with Gasteiger partial charge in [-0.15, -0.1) is 0 Å². The van der Waals surface area contributed by atoms with E-state index in [1.165, 1.54) is 12.1 Å². The maximum atomic E-state index is 12.3. The van der Waals surface area contributed by atoms with Gasteiger partial charge in [0.15, 0.2) is 0 Å². The zero-order chi connectivity index (χ0) is 10.4. The van der Waals surface area contributed by atoms with Crippen LogP contribution in [0, 0.1) is 0 Å². The average Bonchev–Trinajstić information content (AvgIpc) is 2.19. The molecule has 0 fully saturated rings. The molecule has 0 saturated heterocycles. The molecule has 1 aromatic carbocycles. The van der Waals surface area contributed by atoms with Gasteiger partial charge < -0.3 is 5.32 Å². The number of rotatable bonds is 4. The summed E-state index contributed by atoms with van der Waals surface area (Å²) in [7, 11) is 1.83. The van der Waals surface area contributed by atoms with Crippen LogP contribution in [0.25, 0.3) is 6.08 Å². The van der Waals surface area contributed by atoms with Gasteiger partial charge in [-0.05, 0) is 18.7 Å². The Morgan fingerprint density at radius 2 is 2.21 bits per heavy atom. The molecule has 0 aromatic heterocycles. The molecule has 0 saturated carbocycles. The number of benzene rings is 1. The molecule has 0 aliphatic carbocycles. The largest absolute Gasteiger partial charge is 0.316 e. The van der Waals surface area contributed by atoms with Crippen LogP contribution < -0.4 is 5.32 Å². The van der Waals surface area contributed by atoms with E-state index in [1.807, 2.05) is 19.2 Å². The molecule has 76 valence electrons. The van der Waals surface area contributed by atoms with Crippen molar-refractivity contribution >= 4 is 6.08 Å². The maximum Gasteiger partial charge on any atom is 0.263 e. The number of likely N-dealkylation sites (N-methyl/N-ethyl adjacent to an activating group) is 1. The lowest BCUT2D eigenvalue weighted by Crippen LogP contribution is -2.03. The van der Waals surface area contributed by atoms with Crippen molar-refractivity contribution < 1.29 is 8.78 Å². The Hall–Kier alpha value is -1.22. The first kappa shape index (κ1) is 10.9. The molecular weight excluding hydrogens is 184 g/mol. The fraction of sp³-hybridized carbons (Fsp3) is 0.273. The smallest absolute Gasteiger partial charge is 0.263 e. The highest BCUT2D eigenvalue weighted by Crippen LogP contribution is 2.19. The monoisotopic (exact) mass is 197 g/mol. The third-order valence-corrected chi connectivity index (χ3v) is 1.79. The topological polar surface area (TPSA) is 12.0 Å². The van der Waals surface area contributed by atoms with E-state index < -0.39 is 6.43 Å². The molecule has 0 bridgehead atoms. The molecule has 3 heteroatoms. The van der Waals surface area contributed by atoms with Gasteiger partial charge in [-0.3, -0.25) is 0 Å². The fourth-order valence-electron chi connectivity index (χ4n) is 1.11. The molecule has 1 aromatic rings. The van der Waals surface area contributed by atoms with Gasteiger partial charge >= 0.3 is 0 Å². The van der Waals surface area contributed by atoms with Crippen LogP contribution in [0.5, 0.6) is 0 Å². The summed E-state index contributed by atoms with van der Waals surface area (Å²) in [5, 5.41) is 2.94. The number of nitrogens with one attached hydrogen (secondary N) is 1. The third-order valence-electron chi connectivity index (χ3n) is 1.79. The summed E-state index contributed by atoms with van der Waals surface area (Å²) in [6, 6.07) is 6.37. The van der Waals surface area contributed by atoms with Crippen LogP contribution >= 0.6 is 0 Å². The molecule has 1 nitrogen and oxygen atoms in total. The second-order valence-corrected chi connectivity index (χ2v) is 2.93. The fourth-order valence-corrected chi connectivity index (χ4v) is 1.11. The quantitative estimate of drug-likeness (QED) is 0.782. The van der Waals surface area contributed by atoms with Crippen molar-refractivity contribution in [3.8, 4) is 0 Å². The van der Waals surface area contributed by atoms with Crippen molar-refractivity contribution in [1.82, 2.24) is 5.32 Å². The molecule has 0 radical (unpaired) electrons. The predicted octanol–water partition coefficient (Wildman–Crippen LogP) is 2.86. The molecule has 0 aliphatic heterocycles. The second kappa shape index (κ2) is 5.50. The standard InChI is InChI=1S/C11H13F2N/c1-14-7-3-5-9-4-2-6-10(8-9)11(12)13/h2-6,8,11,14H,7H2,1H3. The molecule has 0 heterocycles. The summed E-state index contributed by atoms with van der Waals surface area (Å²) in [6.45, 7) is 0.735. The van der Waals surface area contributed by atoms with Crippen LogP contribution in [0.4, 0.5) is 8.78 Å². The Morgan fingerprint density at radius 3 is 2.86 bits per heavy atom. The van der Waals surface area contributed by atoms with E-state index >= 15 is 0 Å². The lowest BCUT2D eigenvalue weighted by Gasteiger charge is -2.00. The Kier molecular flexibility index (Phi) is 4.26. The van der Waals surface area contributed by atoms with Crippen molar-refractivity contribution in [2.75, 3.05) is 13.6 Å². The summed E-state index contributed by atoms with van der Waals surface area (Å²) < 4.78 is 24.6. The lowest BCUT2D eigenvalue weighted by molar-refractivity contribution is 0.151. The Labute approximate surface area is 82.4 Å². The minimum absolute atomic E-state index is 0.0663. The Bertz CT molecular complexity index is 308. The first-order valence-electron chi connectivity index (χ1n) is 4.43. The highest BCUT2D eigenvalue weighted by molar-refractivity contribution is 5.50. The Morgan fingerprint density at radius 1 is 1.43 bits per heavy atom. The zero-order valence-electron chi connectivity index (χ0n) is 8.00. The Balaban J connectivity index is 2.73. The number of halogens is 2. The number of hydrogen-bond donors (Lipinski definition) is 1. The SMILES string of the molecule is CNCC=Cc1cccc(C(F)F)c1. The van der Waals surface area contributed by atoms with Crippen LogP contribution in [-0.4, -0.2) is 13.6 Å². The molecule has 1 rings (SSSR count). The summed E-state index contributed by atoms with van der Waals surface area (Å²) >= 11 is 0. The van der Waals surface area contributed by atoms with Gasteiger partial charge in [-0.25, -0.2) is 8.78 Å². The van der Waals surface area contributed by atoms with E-state index in [-0.39, 0.29) is 5.56 Å². The lowest BCUT2D eigenvalue weighted by atomic mass is 10.1. The summed E-state index contributed by atoms with van der Waals surface area (Å²) in [5.41, 5.74) is 0.870. The van der Waals surface area contributed by atoms with Gasteiger partial charge in [-0.2, -0.15) is 0 Å². The molecule has 0 unspecified atom stereocenters. The van der Waals surface area contributed by atoms with E-state index in [4.69, 9.17) is 0 Å². The first-order chi connectivity index (χ1) is 6.74. The first-order valence-corrected chi connectivity index (χ1v) is 4.43. The van der Waals surface area contributed by atoms with E-state index in [0.29, 0.717) is 0 Å². The summed E-state index contributed by atoms with van der Waals surface area (Å²) in [5.74, 6) is 0.